The highest BCUT2D eigenvalue weighted by atomic mass is 35.5. The number of hydrogen-bond acceptors (Lipinski definition) is 4. The van der Waals surface area contributed by atoms with Crippen molar-refractivity contribution in [3.8, 4) is 0 Å². The first kappa shape index (κ1) is 25.9. The van der Waals surface area contributed by atoms with Gasteiger partial charge >= 0.3 is 6.03 Å². The average Bonchev–Trinajstić information content (AvgIpc) is 2.80. The molecule has 0 radical (unpaired) electrons. The van der Waals surface area contributed by atoms with E-state index >= 15 is 0 Å². The molecule has 3 amide bonds. The normalized spacial score (nSPS) is 14.1. The second-order valence-corrected chi connectivity index (χ2v) is 9.43. The first-order chi connectivity index (χ1) is 16.1. The van der Waals surface area contributed by atoms with Gasteiger partial charge in [-0.1, -0.05) is 25.4 Å². The van der Waals surface area contributed by atoms with Gasteiger partial charge in [-0.2, -0.15) is 0 Å². The number of nitrogens with zero attached hydrogens (tertiary/aromatic N) is 2. The SMILES string of the molecule is CC(C)(CN)CN(Cc1cc(NC(=O)N2CCOCC2)ccc1Cl)C(=O)c1cc(F)cc(F)c1. The van der Waals surface area contributed by atoms with E-state index in [0.29, 0.717) is 48.6 Å². The molecule has 0 aliphatic carbocycles. The summed E-state index contributed by atoms with van der Waals surface area (Å²) in [7, 11) is 0. The van der Waals surface area contributed by atoms with Crippen LogP contribution in [0.4, 0.5) is 19.3 Å². The van der Waals surface area contributed by atoms with Crippen molar-refractivity contribution in [3.05, 3.63) is 64.2 Å². The number of urea groups is 1. The third kappa shape index (κ3) is 6.88. The summed E-state index contributed by atoms with van der Waals surface area (Å²) in [6, 6.07) is 7.42. The molecule has 0 saturated carbocycles. The Hall–Kier alpha value is -2.75. The van der Waals surface area contributed by atoms with Gasteiger partial charge in [-0.05, 0) is 47.9 Å². The molecule has 7 nitrogen and oxygen atoms in total. The number of ether oxygens (including phenoxy) is 1. The van der Waals surface area contributed by atoms with Gasteiger partial charge in [0.05, 0.1) is 13.2 Å². The summed E-state index contributed by atoms with van der Waals surface area (Å²) in [5.41, 5.74) is 6.38. The van der Waals surface area contributed by atoms with E-state index in [1.165, 1.54) is 4.90 Å². The molecule has 3 rings (SSSR count). The number of amides is 3. The van der Waals surface area contributed by atoms with Crippen LogP contribution in [0.5, 0.6) is 0 Å². The van der Waals surface area contributed by atoms with Crippen LogP contribution in [0.25, 0.3) is 0 Å². The van der Waals surface area contributed by atoms with E-state index in [9.17, 15) is 18.4 Å². The smallest absolute Gasteiger partial charge is 0.321 e. The number of nitrogens with two attached hydrogens (primary N) is 1. The maximum Gasteiger partial charge on any atom is 0.321 e. The number of halogens is 3. The van der Waals surface area contributed by atoms with Gasteiger partial charge in [0.25, 0.3) is 5.91 Å². The Kier molecular flexibility index (Phi) is 8.46. The third-order valence-electron chi connectivity index (χ3n) is 5.52. The monoisotopic (exact) mass is 494 g/mol. The predicted octanol–water partition coefficient (Wildman–Crippen LogP) is 4.11. The van der Waals surface area contributed by atoms with Gasteiger partial charge in [0.1, 0.15) is 11.6 Å². The standard InChI is InChI=1S/C24H29ClF2N4O3/c1-24(2,14-28)15-31(22(32)16-9-18(26)12-19(27)10-16)13-17-11-20(3-4-21(17)25)29-23(33)30-5-7-34-8-6-30/h3-4,9-12H,5-8,13-15,28H2,1-2H3,(H,29,33). The maximum absolute atomic E-state index is 13.8. The van der Waals surface area contributed by atoms with Gasteiger partial charge in [-0.3, -0.25) is 4.79 Å². The number of carbonyl (C=O) groups excluding carboxylic acids is 2. The minimum atomic E-state index is -0.841. The molecule has 1 aliphatic rings. The zero-order valence-corrected chi connectivity index (χ0v) is 20.0. The van der Waals surface area contributed by atoms with Gasteiger partial charge in [-0.15, -0.1) is 0 Å². The van der Waals surface area contributed by atoms with Crippen molar-refractivity contribution in [2.24, 2.45) is 11.1 Å². The Balaban J connectivity index is 1.85. The Morgan fingerprint density at radius 1 is 1.15 bits per heavy atom. The van der Waals surface area contributed by atoms with E-state index < -0.39 is 23.0 Å². The molecule has 1 fully saturated rings. The molecule has 1 aliphatic heterocycles. The van der Waals surface area contributed by atoms with E-state index in [2.05, 4.69) is 5.32 Å². The topological polar surface area (TPSA) is 87.9 Å². The largest absolute Gasteiger partial charge is 0.378 e. The zero-order chi connectivity index (χ0) is 24.9. The molecule has 0 spiro atoms. The second-order valence-electron chi connectivity index (χ2n) is 9.02. The molecule has 0 unspecified atom stereocenters. The summed E-state index contributed by atoms with van der Waals surface area (Å²) in [6.07, 6.45) is 0. The predicted molar refractivity (Wildman–Crippen MR) is 127 cm³/mol. The zero-order valence-electron chi connectivity index (χ0n) is 19.2. The molecular weight excluding hydrogens is 466 g/mol. The fraction of sp³-hybridized carbons (Fsp3) is 0.417. The second kappa shape index (κ2) is 11.1. The summed E-state index contributed by atoms with van der Waals surface area (Å²) < 4.78 is 32.8. The fourth-order valence-corrected chi connectivity index (χ4v) is 3.77. The van der Waals surface area contributed by atoms with Crippen LogP contribution in [0.2, 0.25) is 5.02 Å². The lowest BCUT2D eigenvalue weighted by Crippen LogP contribution is -2.43. The molecule has 2 aromatic rings. The molecule has 2 aromatic carbocycles. The highest BCUT2D eigenvalue weighted by Crippen LogP contribution is 2.26. The molecule has 0 aromatic heterocycles. The van der Waals surface area contributed by atoms with E-state index in [0.717, 1.165) is 12.1 Å². The summed E-state index contributed by atoms with van der Waals surface area (Å²) in [5.74, 6) is -2.24. The summed E-state index contributed by atoms with van der Waals surface area (Å²) in [6.45, 7) is 6.29. The van der Waals surface area contributed by atoms with Gasteiger partial charge in [-0.25, -0.2) is 13.6 Å². The lowest BCUT2D eigenvalue weighted by Gasteiger charge is -2.32. The van der Waals surface area contributed by atoms with Crippen LogP contribution < -0.4 is 11.1 Å². The van der Waals surface area contributed by atoms with Crippen LogP contribution in [0, 0.1) is 17.0 Å². The van der Waals surface area contributed by atoms with Crippen LogP contribution in [-0.4, -0.2) is 61.1 Å². The molecule has 184 valence electrons. The van der Waals surface area contributed by atoms with Crippen LogP contribution in [0.1, 0.15) is 29.8 Å². The van der Waals surface area contributed by atoms with Crippen molar-refractivity contribution in [1.29, 1.82) is 0 Å². The number of nitrogens with one attached hydrogen (secondary N) is 1. The lowest BCUT2D eigenvalue weighted by atomic mass is 9.92. The molecule has 34 heavy (non-hydrogen) atoms. The molecule has 0 atom stereocenters. The first-order valence-corrected chi connectivity index (χ1v) is 11.3. The van der Waals surface area contributed by atoms with Crippen molar-refractivity contribution in [2.75, 3.05) is 44.7 Å². The third-order valence-corrected chi connectivity index (χ3v) is 5.89. The van der Waals surface area contributed by atoms with Crippen LogP contribution in [-0.2, 0) is 11.3 Å². The van der Waals surface area contributed by atoms with Crippen molar-refractivity contribution in [3.63, 3.8) is 0 Å². The number of anilines is 1. The fourth-order valence-electron chi connectivity index (χ4n) is 3.59. The molecule has 10 heteroatoms. The number of benzene rings is 2. The quantitative estimate of drug-likeness (QED) is 0.606. The molecular formula is C24H29ClF2N4O3. The Labute approximate surface area is 202 Å². The van der Waals surface area contributed by atoms with Gasteiger partial charge in [0, 0.05) is 48.5 Å². The number of morpholine rings is 1. The minimum Gasteiger partial charge on any atom is -0.378 e. The van der Waals surface area contributed by atoms with E-state index in [-0.39, 0.29) is 31.2 Å². The summed E-state index contributed by atoms with van der Waals surface area (Å²) >= 11 is 6.41. The maximum atomic E-state index is 13.8. The number of carbonyl (C=O) groups is 2. The molecule has 3 N–H and O–H groups in total. The van der Waals surface area contributed by atoms with Crippen molar-refractivity contribution in [1.82, 2.24) is 9.80 Å². The van der Waals surface area contributed by atoms with Gasteiger partial charge in [0.2, 0.25) is 0 Å². The number of rotatable bonds is 7. The molecule has 1 saturated heterocycles. The van der Waals surface area contributed by atoms with Crippen molar-refractivity contribution >= 4 is 29.2 Å². The van der Waals surface area contributed by atoms with E-state index in [4.69, 9.17) is 22.1 Å². The molecule has 0 bridgehead atoms. The summed E-state index contributed by atoms with van der Waals surface area (Å²) in [5, 5.41) is 3.23. The lowest BCUT2D eigenvalue weighted by molar-refractivity contribution is 0.0564. The van der Waals surface area contributed by atoms with Crippen LogP contribution in [0.15, 0.2) is 36.4 Å². The van der Waals surface area contributed by atoms with Gasteiger partial charge < -0.3 is 25.6 Å². The molecule has 1 heterocycles. The van der Waals surface area contributed by atoms with Crippen molar-refractivity contribution < 1.29 is 23.1 Å². The highest BCUT2D eigenvalue weighted by Gasteiger charge is 2.26. The Morgan fingerprint density at radius 3 is 2.41 bits per heavy atom. The summed E-state index contributed by atoms with van der Waals surface area (Å²) in [4.78, 5) is 28.9. The Bertz CT molecular complexity index is 1020. The minimum absolute atomic E-state index is 0.0560. The van der Waals surface area contributed by atoms with Crippen LogP contribution >= 0.6 is 11.6 Å². The van der Waals surface area contributed by atoms with E-state index in [1.54, 1.807) is 23.1 Å². The van der Waals surface area contributed by atoms with Crippen molar-refractivity contribution in [2.45, 2.75) is 20.4 Å². The highest BCUT2D eigenvalue weighted by molar-refractivity contribution is 6.31. The Morgan fingerprint density at radius 2 is 1.79 bits per heavy atom. The van der Waals surface area contributed by atoms with Crippen LogP contribution in [0.3, 0.4) is 0 Å². The average molecular weight is 495 g/mol. The van der Waals surface area contributed by atoms with Gasteiger partial charge in [0.15, 0.2) is 0 Å². The van der Waals surface area contributed by atoms with E-state index in [1.807, 2.05) is 13.8 Å². The number of hydrogen-bond donors (Lipinski definition) is 2. The first-order valence-electron chi connectivity index (χ1n) is 11.0.